The van der Waals surface area contributed by atoms with Crippen LogP contribution in [0.3, 0.4) is 0 Å². The molecule has 0 saturated heterocycles. The molecule has 0 saturated carbocycles. The molecular weight excluding hydrogens is 184 g/mol. The van der Waals surface area contributed by atoms with Gasteiger partial charge in [-0.05, 0) is 13.3 Å². The molecule has 0 radical (unpaired) electrons. The Kier molecular flexibility index (Phi) is 6.11. The van der Waals surface area contributed by atoms with E-state index in [1.165, 1.54) is 18.2 Å². The molecular formula is C10H14O4. The van der Waals surface area contributed by atoms with Gasteiger partial charge in [0.25, 0.3) is 0 Å². The van der Waals surface area contributed by atoms with E-state index in [1.54, 1.807) is 6.92 Å². The summed E-state index contributed by atoms with van der Waals surface area (Å²) in [5.41, 5.74) is 0. The van der Waals surface area contributed by atoms with Crippen LogP contribution < -0.4 is 0 Å². The normalized spacial score (nSPS) is 13.3. The number of ether oxygens (including phenoxy) is 1. The van der Waals surface area contributed by atoms with E-state index in [-0.39, 0.29) is 6.10 Å². The minimum atomic E-state index is -1.05. The third kappa shape index (κ3) is 7.09. The largest absolute Gasteiger partial charge is 0.478 e. The average Bonchev–Trinajstić information content (AvgIpc) is 2.12. The fourth-order valence-corrected chi connectivity index (χ4v) is 0.593. The maximum atomic E-state index is 11.0. The molecule has 0 bridgehead atoms. The first kappa shape index (κ1) is 12.4. The summed E-state index contributed by atoms with van der Waals surface area (Å²) in [5, 5.41) is 8.23. The fourth-order valence-electron chi connectivity index (χ4n) is 0.593. The van der Waals surface area contributed by atoms with Crippen LogP contribution in [-0.2, 0) is 14.3 Å². The first-order valence-corrected chi connectivity index (χ1v) is 4.34. The van der Waals surface area contributed by atoms with Gasteiger partial charge in [0.1, 0.15) is 0 Å². The summed E-state index contributed by atoms with van der Waals surface area (Å²) in [6, 6.07) is 0. The number of allylic oxidation sites excluding steroid dienone is 2. The van der Waals surface area contributed by atoms with Gasteiger partial charge in [-0.2, -0.15) is 0 Å². The molecule has 0 spiro atoms. The van der Waals surface area contributed by atoms with Crippen molar-refractivity contribution in [2.24, 2.45) is 0 Å². The topological polar surface area (TPSA) is 63.6 Å². The maximum Gasteiger partial charge on any atom is 0.331 e. The highest BCUT2D eigenvalue weighted by Crippen LogP contribution is 1.96. The van der Waals surface area contributed by atoms with Crippen LogP contribution in [0.4, 0.5) is 0 Å². The Balaban J connectivity index is 3.88. The van der Waals surface area contributed by atoms with Crippen molar-refractivity contribution in [3.8, 4) is 0 Å². The summed E-state index contributed by atoms with van der Waals surface area (Å²) in [5.74, 6) is -1.51. The number of hydrogen-bond acceptors (Lipinski definition) is 3. The molecule has 0 aromatic rings. The molecule has 1 atom stereocenters. The lowest BCUT2D eigenvalue weighted by molar-refractivity contribution is -0.142. The van der Waals surface area contributed by atoms with Crippen molar-refractivity contribution in [2.45, 2.75) is 26.4 Å². The molecule has 0 aromatic carbocycles. The molecule has 0 fully saturated rings. The highest BCUT2D eigenvalue weighted by Gasteiger charge is 2.02. The standard InChI is InChI=1S/C10H14O4/c1-3-8(2)14-10(13)7-5-4-6-9(11)12/h4-8H,3H2,1-2H3,(H,11,12). The van der Waals surface area contributed by atoms with Crippen molar-refractivity contribution >= 4 is 11.9 Å². The molecule has 0 aliphatic rings. The lowest BCUT2D eigenvalue weighted by Gasteiger charge is -2.07. The summed E-state index contributed by atoms with van der Waals surface area (Å²) in [6.07, 6.45) is 5.36. The number of carboxylic acids is 1. The van der Waals surface area contributed by atoms with E-state index in [4.69, 9.17) is 9.84 Å². The van der Waals surface area contributed by atoms with Crippen molar-refractivity contribution in [2.75, 3.05) is 0 Å². The van der Waals surface area contributed by atoms with E-state index in [1.807, 2.05) is 6.92 Å². The molecule has 0 amide bonds. The Morgan fingerprint density at radius 3 is 2.43 bits per heavy atom. The molecule has 4 nitrogen and oxygen atoms in total. The van der Waals surface area contributed by atoms with Crippen LogP contribution in [0.25, 0.3) is 0 Å². The first-order valence-electron chi connectivity index (χ1n) is 4.34. The summed E-state index contributed by atoms with van der Waals surface area (Å²) in [4.78, 5) is 21.0. The molecule has 4 heteroatoms. The molecule has 1 unspecified atom stereocenters. The van der Waals surface area contributed by atoms with E-state index in [2.05, 4.69) is 0 Å². The van der Waals surface area contributed by atoms with Crippen LogP contribution in [0.5, 0.6) is 0 Å². The van der Waals surface area contributed by atoms with Gasteiger partial charge < -0.3 is 9.84 Å². The molecule has 78 valence electrons. The zero-order chi connectivity index (χ0) is 11.0. The van der Waals surface area contributed by atoms with Gasteiger partial charge in [-0.3, -0.25) is 0 Å². The van der Waals surface area contributed by atoms with Gasteiger partial charge in [-0.1, -0.05) is 19.1 Å². The number of carbonyl (C=O) groups is 2. The zero-order valence-electron chi connectivity index (χ0n) is 8.27. The zero-order valence-corrected chi connectivity index (χ0v) is 8.27. The number of rotatable bonds is 5. The second kappa shape index (κ2) is 6.88. The van der Waals surface area contributed by atoms with Crippen molar-refractivity contribution in [1.82, 2.24) is 0 Å². The lowest BCUT2D eigenvalue weighted by atomic mass is 10.3. The van der Waals surface area contributed by atoms with Gasteiger partial charge >= 0.3 is 11.9 Å². The predicted molar refractivity (Wildman–Crippen MR) is 51.8 cm³/mol. The van der Waals surface area contributed by atoms with E-state index in [9.17, 15) is 9.59 Å². The molecule has 0 heterocycles. The minimum absolute atomic E-state index is 0.115. The number of carboxylic acid groups (broad SMARTS) is 1. The SMILES string of the molecule is CCC(C)OC(=O)C=CC=CC(=O)O. The van der Waals surface area contributed by atoms with Crippen molar-refractivity contribution in [3.05, 3.63) is 24.3 Å². The average molecular weight is 198 g/mol. The van der Waals surface area contributed by atoms with E-state index >= 15 is 0 Å². The van der Waals surface area contributed by atoms with Gasteiger partial charge in [0.05, 0.1) is 6.10 Å². The van der Waals surface area contributed by atoms with E-state index < -0.39 is 11.9 Å². The summed E-state index contributed by atoms with van der Waals surface area (Å²) >= 11 is 0. The second-order valence-electron chi connectivity index (χ2n) is 2.71. The maximum absolute atomic E-state index is 11.0. The monoisotopic (exact) mass is 198 g/mol. The lowest BCUT2D eigenvalue weighted by Crippen LogP contribution is -2.11. The number of aliphatic carboxylic acids is 1. The Morgan fingerprint density at radius 1 is 1.36 bits per heavy atom. The minimum Gasteiger partial charge on any atom is -0.478 e. The molecule has 0 rings (SSSR count). The third-order valence-electron chi connectivity index (χ3n) is 1.47. The Bertz CT molecular complexity index is 253. The molecule has 0 aliphatic carbocycles. The van der Waals surface area contributed by atoms with Crippen molar-refractivity contribution < 1.29 is 19.4 Å². The smallest absolute Gasteiger partial charge is 0.331 e. The third-order valence-corrected chi connectivity index (χ3v) is 1.47. The van der Waals surface area contributed by atoms with E-state index in [0.717, 1.165) is 12.5 Å². The van der Waals surface area contributed by atoms with Crippen LogP contribution in [0.15, 0.2) is 24.3 Å². The first-order chi connectivity index (χ1) is 6.56. The quantitative estimate of drug-likeness (QED) is 0.413. The Labute approximate surface area is 82.9 Å². The summed E-state index contributed by atoms with van der Waals surface area (Å²) < 4.78 is 4.90. The van der Waals surface area contributed by atoms with Crippen molar-refractivity contribution in [1.29, 1.82) is 0 Å². The van der Waals surface area contributed by atoms with Crippen LogP contribution in [0, 0.1) is 0 Å². The molecule has 0 aromatic heterocycles. The predicted octanol–water partition coefficient (Wildman–Crippen LogP) is 1.53. The Morgan fingerprint density at radius 2 is 1.93 bits per heavy atom. The van der Waals surface area contributed by atoms with Crippen LogP contribution in [0.1, 0.15) is 20.3 Å². The van der Waals surface area contributed by atoms with Gasteiger partial charge in [-0.25, -0.2) is 9.59 Å². The van der Waals surface area contributed by atoms with Crippen LogP contribution in [-0.4, -0.2) is 23.1 Å². The van der Waals surface area contributed by atoms with Crippen LogP contribution >= 0.6 is 0 Å². The van der Waals surface area contributed by atoms with E-state index in [0.29, 0.717) is 0 Å². The fraction of sp³-hybridized carbons (Fsp3) is 0.400. The summed E-state index contributed by atoms with van der Waals surface area (Å²) in [6.45, 7) is 3.70. The van der Waals surface area contributed by atoms with Gasteiger partial charge in [0, 0.05) is 12.2 Å². The Hall–Kier alpha value is -1.58. The van der Waals surface area contributed by atoms with Gasteiger partial charge in [0.2, 0.25) is 0 Å². The number of carbonyl (C=O) groups excluding carboxylic acids is 1. The molecule has 14 heavy (non-hydrogen) atoms. The molecule has 1 N–H and O–H groups in total. The highest BCUT2D eigenvalue weighted by atomic mass is 16.5. The summed E-state index contributed by atoms with van der Waals surface area (Å²) in [7, 11) is 0. The molecule has 0 aliphatic heterocycles. The van der Waals surface area contributed by atoms with Crippen molar-refractivity contribution in [3.63, 3.8) is 0 Å². The number of hydrogen-bond donors (Lipinski definition) is 1. The van der Waals surface area contributed by atoms with Gasteiger partial charge in [-0.15, -0.1) is 0 Å². The second-order valence-corrected chi connectivity index (χ2v) is 2.71. The van der Waals surface area contributed by atoms with Crippen LogP contribution in [0.2, 0.25) is 0 Å². The van der Waals surface area contributed by atoms with Gasteiger partial charge in [0.15, 0.2) is 0 Å². The number of esters is 1. The highest BCUT2D eigenvalue weighted by molar-refractivity contribution is 5.83.